The van der Waals surface area contributed by atoms with Crippen molar-refractivity contribution < 1.29 is 22.7 Å². The molecule has 3 rings (SSSR count). The molecule has 2 aromatic rings. The summed E-state index contributed by atoms with van der Waals surface area (Å²) in [6.07, 6.45) is -0.222. The zero-order chi connectivity index (χ0) is 19.2. The lowest BCUT2D eigenvalue weighted by Crippen LogP contribution is -2.39. The predicted octanol–water partition coefficient (Wildman–Crippen LogP) is 4.10. The van der Waals surface area contributed by atoms with Crippen molar-refractivity contribution in [3.8, 4) is 5.88 Å². The van der Waals surface area contributed by atoms with Crippen molar-refractivity contribution in [2.75, 3.05) is 18.5 Å². The van der Waals surface area contributed by atoms with Crippen LogP contribution in [0.2, 0.25) is 0 Å². The van der Waals surface area contributed by atoms with E-state index in [2.05, 4.69) is 10.3 Å². The van der Waals surface area contributed by atoms with E-state index in [0.717, 1.165) is 18.4 Å². The summed E-state index contributed by atoms with van der Waals surface area (Å²) in [6, 6.07) is 10.5. The van der Waals surface area contributed by atoms with Gasteiger partial charge in [0.25, 0.3) is 6.43 Å². The molecule has 1 atom stereocenters. The number of nitrogens with one attached hydrogen (secondary N) is 1. The number of hydrogen-bond acceptors (Lipinski definition) is 3. The van der Waals surface area contributed by atoms with Crippen molar-refractivity contribution in [1.29, 1.82) is 0 Å². The van der Waals surface area contributed by atoms with Crippen molar-refractivity contribution in [3.63, 3.8) is 0 Å². The maximum atomic E-state index is 13.0. The first-order chi connectivity index (χ1) is 13.0. The highest BCUT2D eigenvalue weighted by Crippen LogP contribution is 2.23. The molecule has 0 bridgehead atoms. The third kappa shape index (κ3) is 5.35. The number of halogens is 3. The van der Waals surface area contributed by atoms with Crippen LogP contribution in [0, 0.1) is 5.82 Å². The lowest BCUT2D eigenvalue weighted by molar-refractivity contribution is 0.0796. The van der Waals surface area contributed by atoms with Crippen LogP contribution in [0.5, 0.6) is 5.88 Å². The molecule has 8 heteroatoms. The van der Waals surface area contributed by atoms with Gasteiger partial charge in [-0.3, -0.25) is 5.32 Å². The fraction of sp³-hybridized carbons (Fsp3) is 0.368. The molecule has 0 spiro atoms. The summed E-state index contributed by atoms with van der Waals surface area (Å²) in [5.41, 5.74) is 0.960. The van der Waals surface area contributed by atoms with Crippen LogP contribution in [0.15, 0.2) is 42.5 Å². The first kappa shape index (κ1) is 19.0. The van der Waals surface area contributed by atoms with Crippen LogP contribution >= 0.6 is 0 Å². The monoisotopic (exact) mass is 379 g/mol. The fourth-order valence-corrected chi connectivity index (χ4v) is 3.10. The highest BCUT2D eigenvalue weighted by atomic mass is 19.3. The van der Waals surface area contributed by atoms with E-state index < -0.39 is 13.0 Å². The number of rotatable bonds is 6. The molecule has 2 amide bonds. The number of urea groups is 1. The van der Waals surface area contributed by atoms with Gasteiger partial charge in [0.15, 0.2) is 6.61 Å². The smallest absolute Gasteiger partial charge is 0.323 e. The molecule has 5 nitrogen and oxygen atoms in total. The van der Waals surface area contributed by atoms with E-state index in [1.807, 2.05) is 0 Å². The Morgan fingerprint density at radius 2 is 2.04 bits per heavy atom. The number of pyridine rings is 1. The second-order valence-electron chi connectivity index (χ2n) is 6.31. The Morgan fingerprint density at radius 1 is 1.26 bits per heavy atom. The third-order valence-electron chi connectivity index (χ3n) is 4.34. The predicted molar refractivity (Wildman–Crippen MR) is 94.6 cm³/mol. The van der Waals surface area contributed by atoms with Gasteiger partial charge in [0.1, 0.15) is 11.6 Å². The average molecular weight is 379 g/mol. The molecule has 2 heterocycles. The molecule has 1 N–H and O–H groups in total. The molecular formula is C19H20F3N3O2. The molecule has 1 aromatic carbocycles. The van der Waals surface area contributed by atoms with E-state index in [0.29, 0.717) is 13.0 Å². The largest absolute Gasteiger partial charge is 0.472 e. The van der Waals surface area contributed by atoms with Crippen LogP contribution in [0.1, 0.15) is 18.4 Å². The van der Waals surface area contributed by atoms with Crippen LogP contribution in [-0.2, 0) is 6.42 Å². The number of carbonyl (C=O) groups excluding carboxylic acids is 1. The SMILES string of the molecule is O=C(Nc1cccc(OCC(F)F)n1)N1CCCC1Cc1ccc(F)cc1. The molecule has 1 saturated heterocycles. The lowest BCUT2D eigenvalue weighted by atomic mass is 10.0. The standard InChI is InChI=1S/C19H20F3N3O2/c20-14-8-6-13(7-9-14)11-15-3-2-10-25(15)19(26)24-17-4-1-5-18(23-17)27-12-16(21)22/h1,4-9,15-16H,2-3,10-12H2,(H,23,24,26). The van der Waals surface area contributed by atoms with Crippen LogP contribution in [0.25, 0.3) is 0 Å². The van der Waals surface area contributed by atoms with Crippen molar-refractivity contribution in [2.45, 2.75) is 31.7 Å². The van der Waals surface area contributed by atoms with Gasteiger partial charge < -0.3 is 9.64 Å². The van der Waals surface area contributed by atoms with Gasteiger partial charge in [-0.15, -0.1) is 0 Å². The Balaban J connectivity index is 1.61. The summed E-state index contributed by atoms with van der Waals surface area (Å²) in [7, 11) is 0. The van der Waals surface area contributed by atoms with Crippen LogP contribution < -0.4 is 10.1 Å². The van der Waals surface area contributed by atoms with Crippen molar-refractivity contribution in [1.82, 2.24) is 9.88 Å². The number of ether oxygens (including phenoxy) is 1. The van der Waals surface area contributed by atoms with Crippen LogP contribution in [0.3, 0.4) is 0 Å². The first-order valence-electron chi connectivity index (χ1n) is 8.71. The Morgan fingerprint density at radius 3 is 2.78 bits per heavy atom. The van der Waals surface area contributed by atoms with E-state index in [1.165, 1.54) is 18.2 Å². The molecule has 1 unspecified atom stereocenters. The number of amides is 2. The molecule has 0 aliphatic carbocycles. The summed E-state index contributed by atoms with van der Waals surface area (Å²) < 4.78 is 42.4. The number of alkyl halides is 2. The van der Waals surface area contributed by atoms with Gasteiger partial charge in [-0.25, -0.2) is 18.0 Å². The Labute approximate surface area is 155 Å². The normalized spacial score (nSPS) is 16.6. The molecule has 144 valence electrons. The van der Waals surface area contributed by atoms with Crippen LogP contribution in [-0.4, -0.2) is 41.5 Å². The van der Waals surface area contributed by atoms with Gasteiger partial charge in [0, 0.05) is 18.7 Å². The number of aromatic nitrogens is 1. The molecule has 1 aliphatic rings. The Bertz CT molecular complexity index is 771. The second-order valence-corrected chi connectivity index (χ2v) is 6.31. The molecule has 0 saturated carbocycles. The Kier molecular flexibility index (Phi) is 6.16. The molecule has 27 heavy (non-hydrogen) atoms. The molecule has 1 aliphatic heterocycles. The van der Waals surface area contributed by atoms with Crippen LogP contribution in [0.4, 0.5) is 23.8 Å². The number of benzene rings is 1. The quantitative estimate of drug-likeness (QED) is 0.822. The van der Waals surface area contributed by atoms with Gasteiger partial charge >= 0.3 is 6.03 Å². The van der Waals surface area contributed by atoms with E-state index in [9.17, 15) is 18.0 Å². The summed E-state index contributed by atoms with van der Waals surface area (Å²) in [5, 5.41) is 2.69. The highest BCUT2D eigenvalue weighted by Gasteiger charge is 2.29. The van der Waals surface area contributed by atoms with E-state index in [-0.39, 0.29) is 29.6 Å². The van der Waals surface area contributed by atoms with Gasteiger partial charge in [0.2, 0.25) is 5.88 Å². The van der Waals surface area contributed by atoms with Gasteiger partial charge in [-0.1, -0.05) is 18.2 Å². The second kappa shape index (κ2) is 8.75. The fourth-order valence-electron chi connectivity index (χ4n) is 3.10. The van der Waals surface area contributed by atoms with E-state index in [1.54, 1.807) is 29.2 Å². The third-order valence-corrected chi connectivity index (χ3v) is 4.34. The highest BCUT2D eigenvalue weighted by molar-refractivity contribution is 5.88. The molecule has 1 fully saturated rings. The summed E-state index contributed by atoms with van der Waals surface area (Å²) in [5.74, 6) is -0.0311. The van der Waals surface area contributed by atoms with Gasteiger partial charge in [0.05, 0.1) is 0 Å². The molecule has 1 aromatic heterocycles. The van der Waals surface area contributed by atoms with E-state index in [4.69, 9.17) is 4.74 Å². The topological polar surface area (TPSA) is 54.5 Å². The summed E-state index contributed by atoms with van der Waals surface area (Å²) in [6.45, 7) is -0.143. The van der Waals surface area contributed by atoms with Crippen molar-refractivity contribution in [2.24, 2.45) is 0 Å². The summed E-state index contributed by atoms with van der Waals surface area (Å²) >= 11 is 0. The zero-order valence-corrected chi connectivity index (χ0v) is 14.6. The summed E-state index contributed by atoms with van der Waals surface area (Å²) in [4.78, 5) is 18.3. The average Bonchev–Trinajstić information content (AvgIpc) is 3.10. The number of hydrogen-bond donors (Lipinski definition) is 1. The van der Waals surface area contributed by atoms with E-state index >= 15 is 0 Å². The first-order valence-corrected chi connectivity index (χ1v) is 8.71. The minimum absolute atomic E-state index is 0.00808. The van der Waals surface area contributed by atoms with Gasteiger partial charge in [-0.05, 0) is 43.0 Å². The maximum absolute atomic E-state index is 13.0. The maximum Gasteiger partial charge on any atom is 0.323 e. The number of nitrogens with zero attached hydrogens (tertiary/aromatic N) is 2. The Hall–Kier alpha value is -2.77. The van der Waals surface area contributed by atoms with Crippen molar-refractivity contribution >= 4 is 11.8 Å². The number of likely N-dealkylation sites (tertiary alicyclic amines) is 1. The van der Waals surface area contributed by atoms with Crippen molar-refractivity contribution in [3.05, 3.63) is 53.8 Å². The lowest BCUT2D eigenvalue weighted by Gasteiger charge is -2.25. The number of carbonyl (C=O) groups is 1. The molecular weight excluding hydrogens is 359 g/mol. The van der Waals surface area contributed by atoms with Gasteiger partial charge in [-0.2, -0.15) is 4.98 Å². The minimum Gasteiger partial charge on any atom is -0.472 e. The minimum atomic E-state index is -2.60. The zero-order valence-electron chi connectivity index (χ0n) is 14.6. The number of anilines is 1. The molecule has 0 radical (unpaired) electrons.